The number of aromatic nitrogens is 1. The summed E-state index contributed by atoms with van der Waals surface area (Å²) in [5.74, 6) is -0.652. The third kappa shape index (κ3) is 6.07. The minimum absolute atomic E-state index is 0. The lowest BCUT2D eigenvalue weighted by atomic mass is 10.2. The first kappa shape index (κ1) is 24.2. The first-order valence-corrected chi connectivity index (χ1v) is 9.56. The lowest BCUT2D eigenvalue weighted by Gasteiger charge is -2.19. The SMILES string of the molecule is CC(NC(=O)c1csc(CN)n1)C(=O)Nc1cccc(N2CCCC2)c1.Cl.Cl. The molecular formula is C18H25Cl2N5O2S. The van der Waals surface area contributed by atoms with Crippen molar-refractivity contribution in [2.45, 2.75) is 32.4 Å². The highest BCUT2D eigenvalue weighted by molar-refractivity contribution is 7.09. The third-order valence-corrected chi connectivity index (χ3v) is 5.16. The van der Waals surface area contributed by atoms with E-state index in [9.17, 15) is 9.59 Å². The fourth-order valence-electron chi connectivity index (χ4n) is 2.85. The molecule has 10 heteroatoms. The highest BCUT2D eigenvalue weighted by atomic mass is 35.5. The lowest BCUT2D eigenvalue weighted by Crippen LogP contribution is -2.41. The molecule has 0 spiro atoms. The highest BCUT2D eigenvalue weighted by Gasteiger charge is 2.19. The van der Waals surface area contributed by atoms with Crippen LogP contribution < -0.4 is 21.3 Å². The van der Waals surface area contributed by atoms with Crippen molar-refractivity contribution in [3.8, 4) is 0 Å². The molecule has 1 saturated heterocycles. The number of rotatable bonds is 6. The van der Waals surface area contributed by atoms with Gasteiger partial charge in [0.25, 0.3) is 5.91 Å². The zero-order chi connectivity index (χ0) is 18.5. The number of nitrogens with zero attached hydrogens (tertiary/aromatic N) is 2. The van der Waals surface area contributed by atoms with Crippen LogP contribution in [-0.4, -0.2) is 35.9 Å². The van der Waals surface area contributed by atoms with Crippen molar-refractivity contribution < 1.29 is 9.59 Å². The number of nitrogens with one attached hydrogen (secondary N) is 2. The molecular weight excluding hydrogens is 421 g/mol. The summed E-state index contributed by atoms with van der Waals surface area (Å²) in [6.07, 6.45) is 2.39. The van der Waals surface area contributed by atoms with Crippen LogP contribution in [0.4, 0.5) is 11.4 Å². The number of nitrogens with two attached hydrogens (primary N) is 1. The van der Waals surface area contributed by atoms with E-state index in [1.807, 2.05) is 24.3 Å². The normalized spacial score (nSPS) is 13.9. The van der Waals surface area contributed by atoms with E-state index in [0.717, 1.165) is 24.5 Å². The van der Waals surface area contributed by atoms with Crippen LogP contribution in [0.5, 0.6) is 0 Å². The Morgan fingerprint density at radius 2 is 2.00 bits per heavy atom. The van der Waals surface area contributed by atoms with Gasteiger partial charge in [-0.1, -0.05) is 6.07 Å². The highest BCUT2D eigenvalue weighted by Crippen LogP contribution is 2.23. The van der Waals surface area contributed by atoms with Crippen molar-refractivity contribution in [3.63, 3.8) is 0 Å². The van der Waals surface area contributed by atoms with E-state index in [2.05, 4.69) is 20.5 Å². The number of hydrogen-bond donors (Lipinski definition) is 3. The predicted octanol–water partition coefficient (Wildman–Crippen LogP) is 2.80. The number of anilines is 2. The van der Waals surface area contributed by atoms with Crippen LogP contribution in [0.25, 0.3) is 0 Å². The molecule has 0 aliphatic carbocycles. The minimum Gasteiger partial charge on any atom is -0.371 e. The maximum atomic E-state index is 12.4. The number of thiazole rings is 1. The summed E-state index contributed by atoms with van der Waals surface area (Å²) in [7, 11) is 0. The van der Waals surface area contributed by atoms with Gasteiger partial charge in [0.15, 0.2) is 0 Å². The molecule has 1 aromatic carbocycles. The summed E-state index contributed by atoms with van der Waals surface area (Å²) in [6.45, 7) is 4.03. The monoisotopic (exact) mass is 445 g/mol. The van der Waals surface area contributed by atoms with Gasteiger partial charge >= 0.3 is 0 Å². The molecule has 2 aromatic rings. The molecule has 1 aliphatic heterocycles. The van der Waals surface area contributed by atoms with Crippen molar-refractivity contribution in [2.75, 3.05) is 23.3 Å². The Hall–Kier alpha value is -1.87. The summed E-state index contributed by atoms with van der Waals surface area (Å²) < 4.78 is 0. The van der Waals surface area contributed by atoms with Gasteiger partial charge in [-0.2, -0.15) is 0 Å². The van der Waals surface area contributed by atoms with Gasteiger partial charge in [-0.05, 0) is 38.0 Å². The quantitative estimate of drug-likeness (QED) is 0.634. The number of amides is 2. The fourth-order valence-corrected chi connectivity index (χ4v) is 3.51. The zero-order valence-electron chi connectivity index (χ0n) is 15.5. The summed E-state index contributed by atoms with van der Waals surface area (Å²) in [5, 5.41) is 7.85. The molecule has 0 radical (unpaired) electrons. The second-order valence-electron chi connectivity index (χ2n) is 6.26. The second-order valence-corrected chi connectivity index (χ2v) is 7.20. The van der Waals surface area contributed by atoms with E-state index in [-0.39, 0.29) is 42.3 Å². The smallest absolute Gasteiger partial charge is 0.271 e. The molecule has 2 heterocycles. The van der Waals surface area contributed by atoms with E-state index in [4.69, 9.17) is 5.73 Å². The molecule has 1 unspecified atom stereocenters. The van der Waals surface area contributed by atoms with E-state index in [0.29, 0.717) is 11.6 Å². The van der Waals surface area contributed by atoms with Crippen molar-refractivity contribution >= 4 is 59.3 Å². The first-order valence-electron chi connectivity index (χ1n) is 8.68. The number of halogens is 2. The Morgan fingerprint density at radius 3 is 2.64 bits per heavy atom. The zero-order valence-corrected chi connectivity index (χ0v) is 18.0. The number of carbonyl (C=O) groups is 2. The molecule has 0 bridgehead atoms. The minimum atomic E-state index is -0.680. The fraction of sp³-hybridized carbons (Fsp3) is 0.389. The summed E-state index contributed by atoms with van der Waals surface area (Å²) >= 11 is 1.33. The Morgan fingerprint density at radius 1 is 1.29 bits per heavy atom. The van der Waals surface area contributed by atoms with Gasteiger partial charge in [0, 0.05) is 36.4 Å². The molecule has 154 valence electrons. The number of benzene rings is 1. The third-order valence-electron chi connectivity index (χ3n) is 4.28. The van der Waals surface area contributed by atoms with Crippen LogP contribution in [0.2, 0.25) is 0 Å². The molecule has 28 heavy (non-hydrogen) atoms. The maximum Gasteiger partial charge on any atom is 0.271 e. The van der Waals surface area contributed by atoms with E-state index in [1.165, 1.54) is 24.2 Å². The molecule has 0 saturated carbocycles. The van der Waals surface area contributed by atoms with Gasteiger partial charge in [-0.25, -0.2) is 4.98 Å². The molecule has 2 amide bonds. The second kappa shape index (κ2) is 11.2. The average Bonchev–Trinajstić information content (AvgIpc) is 3.33. The molecule has 1 aromatic heterocycles. The van der Waals surface area contributed by atoms with Crippen LogP contribution in [0, 0.1) is 0 Å². The van der Waals surface area contributed by atoms with Gasteiger partial charge in [0.2, 0.25) is 5.91 Å². The molecule has 3 rings (SSSR count). The molecule has 1 atom stereocenters. The summed E-state index contributed by atoms with van der Waals surface area (Å²) in [4.78, 5) is 31.0. The topological polar surface area (TPSA) is 100 Å². The lowest BCUT2D eigenvalue weighted by molar-refractivity contribution is -0.117. The summed E-state index contributed by atoms with van der Waals surface area (Å²) in [5.41, 5.74) is 7.62. The molecule has 4 N–H and O–H groups in total. The van der Waals surface area contributed by atoms with Gasteiger partial charge in [-0.15, -0.1) is 36.2 Å². The summed E-state index contributed by atoms with van der Waals surface area (Å²) in [6, 6.07) is 7.10. The largest absolute Gasteiger partial charge is 0.371 e. The molecule has 1 fully saturated rings. The van der Waals surface area contributed by atoms with Crippen LogP contribution in [0.3, 0.4) is 0 Å². The Balaban J connectivity index is 0.00000196. The van der Waals surface area contributed by atoms with E-state index in [1.54, 1.807) is 12.3 Å². The van der Waals surface area contributed by atoms with Crippen molar-refractivity contribution in [3.05, 3.63) is 40.3 Å². The van der Waals surface area contributed by atoms with Crippen LogP contribution in [0.1, 0.15) is 35.3 Å². The first-order chi connectivity index (χ1) is 12.6. The predicted molar refractivity (Wildman–Crippen MR) is 118 cm³/mol. The van der Waals surface area contributed by atoms with Crippen molar-refractivity contribution in [1.29, 1.82) is 0 Å². The number of hydrogen-bond acceptors (Lipinski definition) is 6. The van der Waals surface area contributed by atoms with Gasteiger partial charge in [0.05, 0.1) is 0 Å². The number of carbonyl (C=O) groups excluding carboxylic acids is 2. The van der Waals surface area contributed by atoms with Crippen LogP contribution in [0.15, 0.2) is 29.6 Å². The Labute approximate surface area is 180 Å². The average molecular weight is 446 g/mol. The van der Waals surface area contributed by atoms with Crippen LogP contribution in [-0.2, 0) is 11.3 Å². The Bertz CT molecular complexity index is 796. The van der Waals surface area contributed by atoms with Gasteiger partial charge in [0.1, 0.15) is 16.7 Å². The van der Waals surface area contributed by atoms with Gasteiger partial charge < -0.3 is 21.3 Å². The van der Waals surface area contributed by atoms with Crippen molar-refractivity contribution in [2.24, 2.45) is 5.73 Å². The van der Waals surface area contributed by atoms with Crippen molar-refractivity contribution in [1.82, 2.24) is 10.3 Å². The molecule has 7 nitrogen and oxygen atoms in total. The standard InChI is InChI=1S/C18H23N5O2S.2ClH/c1-12(20-18(25)15-11-26-16(10-19)22-15)17(24)21-13-5-4-6-14(9-13)23-7-2-3-8-23;;/h4-6,9,11-12H,2-3,7-8,10,19H2,1H3,(H,20,25)(H,21,24);2*1H. The van der Waals surface area contributed by atoms with Gasteiger partial charge in [-0.3, -0.25) is 9.59 Å². The van der Waals surface area contributed by atoms with E-state index >= 15 is 0 Å². The Kier molecular flexibility index (Phi) is 9.68. The van der Waals surface area contributed by atoms with Crippen LogP contribution >= 0.6 is 36.2 Å². The maximum absolute atomic E-state index is 12.4. The van der Waals surface area contributed by atoms with E-state index < -0.39 is 6.04 Å². The molecule has 1 aliphatic rings.